The Labute approximate surface area is 170 Å². The highest BCUT2D eigenvalue weighted by molar-refractivity contribution is 5.58. The highest BCUT2D eigenvalue weighted by Gasteiger charge is 2.19. The van der Waals surface area contributed by atoms with Crippen LogP contribution >= 0.6 is 0 Å². The van der Waals surface area contributed by atoms with Crippen LogP contribution in [0, 0.1) is 0 Å². The molecule has 1 aliphatic rings. The molecule has 28 heavy (non-hydrogen) atoms. The number of methoxy groups -OCH3 is 1. The van der Waals surface area contributed by atoms with Crippen molar-refractivity contribution in [1.82, 2.24) is 14.0 Å². The van der Waals surface area contributed by atoms with Crippen molar-refractivity contribution in [1.29, 1.82) is 0 Å². The van der Waals surface area contributed by atoms with Gasteiger partial charge in [-0.1, -0.05) is 12.1 Å². The molecule has 0 aliphatic carbocycles. The summed E-state index contributed by atoms with van der Waals surface area (Å²) in [6.07, 6.45) is 0.414. The van der Waals surface area contributed by atoms with E-state index in [9.17, 15) is 9.59 Å². The summed E-state index contributed by atoms with van der Waals surface area (Å²) < 4.78 is 41.8. The number of aromatic nitrogens is 2. The summed E-state index contributed by atoms with van der Waals surface area (Å²) in [7, 11) is 4.49. The number of hydrogen-bond donors (Lipinski definition) is 1. The molecule has 152 valence electrons. The van der Waals surface area contributed by atoms with Gasteiger partial charge in [-0.3, -0.25) is 18.8 Å². The first kappa shape index (κ1) is 15.2. The van der Waals surface area contributed by atoms with Gasteiger partial charge in [0.25, 0.3) is 5.56 Å². The molecule has 0 amide bonds. The standard InChI is InChI=1S/C20H29N5O3/c1-22-18(15-19(26)23(2)20(22)27)21-9-6-10-24-11-13-25(14-12-24)16-7-4-5-8-17(16)28-3/h4-5,7-8,15,21H,6,9-14H2,1-3H3/i11D2,12D2. The molecule has 2 aromatic rings. The van der Waals surface area contributed by atoms with E-state index in [4.69, 9.17) is 10.2 Å². The number of piperazine rings is 1. The van der Waals surface area contributed by atoms with E-state index in [1.54, 1.807) is 24.1 Å². The van der Waals surface area contributed by atoms with E-state index < -0.39 is 24.2 Å². The largest absolute Gasteiger partial charge is 0.495 e. The molecule has 1 saturated heterocycles. The SMILES string of the molecule is [2H]C1([2H])CN(c2ccccc2OC)CC([2H])([2H])N1CCCNc1cc(=O)n(C)c(=O)n1C. The number of anilines is 2. The van der Waals surface area contributed by atoms with Crippen molar-refractivity contribution >= 4 is 11.5 Å². The van der Waals surface area contributed by atoms with Crippen LogP contribution in [0.4, 0.5) is 11.5 Å². The maximum atomic E-state index is 12.0. The van der Waals surface area contributed by atoms with Crippen molar-refractivity contribution in [2.45, 2.75) is 6.42 Å². The maximum absolute atomic E-state index is 12.0. The first-order valence-corrected chi connectivity index (χ1v) is 9.14. The predicted molar refractivity (Wildman–Crippen MR) is 112 cm³/mol. The Morgan fingerprint density at radius 2 is 1.86 bits per heavy atom. The lowest BCUT2D eigenvalue weighted by atomic mass is 10.2. The number of hydrogen-bond acceptors (Lipinski definition) is 6. The molecule has 0 saturated carbocycles. The number of nitrogens with zero attached hydrogens (tertiary/aromatic N) is 4. The third-order valence-corrected chi connectivity index (χ3v) is 4.72. The van der Waals surface area contributed by atoms with Crippen LogP contribution in [0.3, 0.4) is 0 Å². The molecule has 8 heteroatoms. The summed E-state index contributed by atoms with van der Waals surface area (Å²) in [4.78, 5) is 26.8. The molecule has 8 nitrogen and oxygen atoms in total. The van der Waals surface area contributed by atoms with Crippen LogP contribution in [0.2, 0.25) is 0 Å². The molecule has 1 aromatic carbocycles. The molecule has 0 bridgehead atoms. The molecule has 0 radical (unpaired) electrons. The van der Waals surface area contributed by atoms with Crippen molar-refractivity contribution in [3.63, 3.8) is 0 Å². The molecule has 1 aliphatic heterocycles. The highest BCUT2D eigenvalue weighted by atomic mass is 16.5. The molecule has 1 N–H and O–H groups in total. The van der Waals surface area contributed by atoms with Crippen LogP contribution in [0.5, 0.6) is 5.75 Å². The van der Waals surface area contributed by atoms with Gasteiger partial charge in [-0.05, 0) is 25.1 Å². The number of ether oxygens (including phenoxy) is 1. The average molecular weight is 392 g/mol. The summed E-state index contributed by atoms with van der Waals surface area (Å²) in [5.74, 6) is 0.932. The number of benzene rings is 1. The van der Waals surface area contributed by atoms with Crippen molar-refractivity contribution in [2.24, 2.45) is 14.1 Å². The minimum Gasteiger partial charge on any atom is -0.495 e. The molecule has 1 aromatic heterocycles. The van der Waals surface area contributed by atoms with Crippen molar-refractivity contribution in [3.8, 4) is 5.75 Å². The molecular formula is C20H29N5O3. The van der Waals surface area contributed by atoms with Crippen LogP contribution in [0.15, 0.2) is 39.9 Å². The van der Waals surface area contributed by atoms with Gasteiger partial charge in [-0.25, -0.2) is 4.79 Å². The van der Waals surface area contributed by atoms with Crippen LogP contribution in [-0.4, -0.2) is 60.3 Å². The third kappa shape index (κ3) is 4.39. The molecule has 2 heterocycles. The second-order valence-corrected chi connectivity index (χ2v) is 6.54. The zero-order valence-electron chi connectivity index (χ0n) is 20.4. The monoisotopic (exact) mass is 391 g/mol. The van der Waals surface area contributed by atoms with Gasteiger partial charge in [-0.15, -0.1) is 0 Å². The van der Waals surface area contributed by atoms with Crippen molar-refractivity contribution in [3.05, 3.63) is 51.2 Å². The maximum Gasteiger partial charge on any atom is 0.332 e. The van der Waals surface area contributed by atoms with Gasteiger partial charge < -0.3 is 15.0 Å². The zero-order chi connectivity index (χ0) is 23.7. The number of nitrogens with one attached hydrogen (secondary N) is 1. The molecule has 0 unspecified atom stereocenters. The molecule has 0 spiro atoms. The Morgan fingerprint density at radius 3 is 2.57 bits per heavy atom. The van der Waals surface area contributed by atoms with Gasteiger partial charge in [0.05, 0.1) is 12.8 Å². The second kappa shape index (κ2) is 8.97. The van der Waals surface area contributed by atoms with E-state index in [0.29, 0.717) is 30.2 Å². The fourth-order valence-electron chi connectivity index (χ4n) is 3.03. The fraction of sp³-hybridized carbons (Fsp3) is 0.500. The number of para-hydroxylation sites is 2. The summed E-state index contributed by atoms with van der Waals surface area (Å²) >= 11 is 0. The first-order chi connectivity index (χ1) is 15.0. The smallest absolute Gasteiger partial charge is 0.332 e. The third-order valence-electron chi connectivity index (χ3n) is 4.72. The van der Waals surface area contributed by atoms with E-state index in [1.165, 1.54) is 29.7 Å². The van der Waals surface area contributed by atoms with E-state index in [-0.39, 0.29) is 19.6 Å². The van der Waals surface area contributed by atoms with Gasteiger partial charge in [0.15, 0.2) is 0 Å². The van der Waals surface area contributed by atoms with Crippen LogP contribution in [0.25, 0.3) is 0 Å². The minimum atomic E-state index is -1.92. The molecule has 3 rings (SSSR count). The van der Waals surface area contributed by atoms with Gasteiger partial charge in [0, 0.05) is 58.3 Å². The Balaban J connectivity index is 1.68. The zero-order valence-corrected chi connectivity index (χ0v) is 16.4. The molecule has 0 atom stereocenters. The van der Waals surface area contributed by atoms with Crippen molar-refractivity contribution in [2.75, 3.05) is 56.5 Å². The lowest BCUT2D eigenvalue weighted by Crippen LogP contribution is -2.47. The predicted octanol–water partition coefficient (Wildman–Crippen LogP) is 0.717. The highest BCUT2D eigenvalue weighted by Crippen LogP contribution is 2.28. The van der Waals surface area contributed by atoms with Crippen molar-refractivity contribution < 1.29 is 10.2 Å². The van der Waals surface area contributed by atoms with Gasteiger partial charge >= 0.3 is 5.69 Å². The number of rotatable bonds is 7. The Kier molecular flexibility index (Phi) is 4.87. The normalized spacial score (nSPS) is 20.6. The Bertz CT molecular complexity index is 1070. The van der Waals surface area contributed by atoms with Crippen LogP contribution < -0.4 is 26.2 Å². The summed E-state index contributed by atoms with van der Waals surface area (Å²) in [5, 5.41) is 3.02. The summed E-state index contributed by atoms with van der Waals surface area (Å²) in [6, 6.07) is 8.51. The van der Waals surface area contributed by atoms with Crippen LogP contribution in [0.1, 0.15) is 11.9 Å². The van der Waals surface area contributed by atoms with E-state index in [2.05, 4.69) is 5.32 Å². The average Bonchev–Trinajstić information content (AvgIpc) is 2.73. The lowest BCUT2D eigenvalue weighted by Gasteiger charge is -2.36. The minimum absolute atomic E-state index is 0.0104. The Morgan fingerprint density at radius 1 is 1.14 bits per heavy atom. The molecular weight excluding hydrogens is 358 g/mol. The van der Waals surface area contributed by atoms with Gasteiger partial charge in [0.1, 0.15) is 11.6 Å². The van der Waals surface area contributed by atoms with Crippen LogP contribution in [-0.2, 0) is 14.1 Å². The Hall–Kier alpha value is -2.74. The summed E-state index contributed by atoms with van der Waals surface area (Å²) in [6.45, 7) is -3.35. The van der Waals surface area contributed by atoms with Gasteiger partial charge in [0.2, 0.25) is 0 Å². The first-order valence-electron chi connectivity index (χ1n) is 11.1. The topological polar surface area (TPSA) is 71.7 Å². The fourth-order valence-corrected chi connectivity index (χ4v) is 3.03. The summed E-state index contributed by atoms with van der Waals surface area (Å²) in [5.41, 5.74) is -0.216. The van der Waals surface area contributed by atoms with E-state index in [0.717, 1.165) is 4.57 Å². The quantitative estimate of drug-likeness (QED) is 0.701. The lowest BCUT2D eigenvalue weighted by molar-refractivity contribution is 0.256. The van der Waals surface area contributed by atoms with E-state index >= 15 is 0 Å². The van der Waals surface area contributed by atoms with E-state index in [1.807, 2.05) is 12.1 Å². The second-order valence-electron chi connectivity index (χ2n) is 6.54. The molecule has 1 fully saturated rings. The van der Waals surface area contributed by atoms with Gasteiger partial charge in [-0.2, -0.15) is 0 Å².